The maximum atomic E-state index is 10.9. The Hall–Kier alpha value is -1.35. The first kappa shape index (κ1) is 17.1. The van der Waals surface area contributed by atoms with E-state index < -0.39 is 12.0 Å². The highest BCUT2D eigenvalue weighted by Crippen LogP contribution is 2.07. The summed E-state index contributed by atoms with van der Waals surface area (Å²) in [6.07, 6.45) is 6.97. The number of hydrogen-bond donors (Lipinski definition) is 1. The van der Waals surface area contributed by atoms with Crippen molar-refractivity contribution in [3.05, 3.63) is 36.5 Å². The van der Waals surface area contributed by atoms with Crippen LogP contribution in [0.2, 0.25) is 0 Å². The van der Waals surface area contributed by atoms with Crippen LogP contribution in [0.1, 0.15) is 20.8 Å². The van der Waals surface area contributed by atoms with Crippen LogP contribution >= 0.6 is 0 Å². The fraction of sp³-hybridized carbons (Fsp3) is 0.462. The summed E-state index contributed by atoms with van der Waals surface area (Å²) in [5.41, 5.74) is 0.792. The first-order valence-corrected chi connectivity index (χ1v) is 5.35. The Kier molecular flexibility index (Phi) is 10.9. The van der Waals surface area contributed by atoms with Gasteiger partial charge in [0.2, 0.25) is 0 Å². The number of likely N-dealkylation sites (N-methyl/N-ethyl adjacent to an activating group) is 1. The smallest absolute Gasteiger partial charge is 0.325 e. The Balaban J connectivity index is 0. The predicted octanol–water partition coefficient (Wildman–Crippen LogP) is 2.72. The van der Waals surface area contributed by atoms with Gasteiger partial charge in [0, 0.05) is 0 Å². The lowest BCUT2D eigenvalue weighted by Crippen LogP contribution is -2.36. The van der Waals surface area contributed by atoms with Gasteiger partial charge in [0.15, 0.2) is 0 Å². The molecule has 0 aromatic carbocycles. The largest absolute Gasteiger partial charge is 0.480 e. The van der Waals surface area contributed by atoms with Crippen molar-refractivity contribution >= 4 is 5.97 Å². The third-order valence-corrected chi connectivity index (χ3v) is 1.79. The molecule has 0 aliphatic carbocycles. The van der Waals surface area contributed by atoms with E-state index in [0.29, 0.717) is 0 Å². The lowest BCUT2D eigenvalue weighted by Gasteiger charge is -2.20. The van der Waals surface area contributed by atoms with Crippen LogP contribution in [-0.4, -0.2) is 36.1 Å². The summed E-state index contributed by atoms with van der Waals surface area (Å²) in [4.78, 5) is 12.6. The minimum Gasteiger partial charge on any atom is -0.480 e. The second-order valence-corrected chi connectivity index (χ2v) is 3.24. The van der Waals surface area contributed by atoms with Crippen molar-refractivity contribution in [2.45, 2.75) is 26.8 Å². The van der Waals surface area contributed by atoms with E-state index in [-0.39, 0.29) is 0 Å². The maximum absolute atomic E-state index is 10.9. The number of carboxylic acids is 1. The zero-order valence-corrected chi connectivity index (χ0v) is 10.9. The van der Waals surface area contributed by atoms with Gasteiger partial charge in [-0.25, -0.2) is 0 Å². The number of carbonyl (C=O) groups is 1. The maximum Gasteiger partial charge on any atom is 0.325 e. The van der Waals surface area contributed by atoms with Crippen molar-refractivity contribution in [3.63, 3.8) is 0 Å². The van der Waals surface area contributed by atoms with Gasteiger partial charge in [0.05, 0.1) is 0 Å². The molecule has 16 heavy (non-hydrogen) atoms. The number of rotatable bonds is 5. The van der Waals surface area contributed by atoms with Crippen LogP contribution in [0.5, 0.6) is 0 Å². The van der Waals surface area contributed by atoms with Crippen LogP contribution in [-0.2, 0) is 4.79 Å². The summed E-state index contributed by atoms with van der Waals surface area (Å²) < 4.78 is 0. The second-order valence-electron chi connectivity index (χ2n) is 3.24. The standard InChI is InChI=1S/C11H17NO2.C2H6/c1-5-6-7-8-9(2)10(11(13)14)12(3)4;1-2/h5-8,10H,1H2,2-4H3,(H,13,14);1-2H3/b7-6-,9-8+;/t10-;/m1./s1. The summed E-state index contributed by atoms with van der Waals surface area (Å²) in [7, 11) is 3.49. The van der Waals surface area contributed by atoms with Crippen molar-refractivity contribution in [3.8, 4) is 0 Å². The molecule has 0 aromatic rings. The van der Waals surface area contributed by atoms with Crippen molar-refractivity contribution < 1.29 is 9.90 Å². The van der Waals surface area contributed by atoms with E-state index in [1.54, 1.807) is 50.2 Å². The molecule has 0 aliphatic rings. The monoisotopic (exact) mass is 225 g/mol. The summed E-state index contributed by atoms with van der Waals surface area (Å²) in [5.74, 6) is -0.837. The zero-order valence-electron chi connectivity index (χ0n) is 10.9. The Morgan fingerprint density at radius 3 is 2.12 bits per heavy atom. The van der Waals surface area contributed by atoms with Crippen LogP contribution < -0.4 is 0 Å². The summed E-state index contributed by atoms with van der Waals surface area (Å²) in [6.45, 7) is 9.33. The third-order valence-electron chi connectivity index (χ3n) is 1.79. The number of hydrogen-bond acceptors (Lipinski definition) is 2. The molecule has 0 spiro atoms. The van der Waals surface area contributed by atoms with E-state index >= 15 is 0 Å². The molecular weight excluding hydrogens is 202 g/mol. The molecule has 1 N–H and O–H groups in total. The van der Waals surface area contributed by atoms with Gasteiger partial charge in [-0.15, -0.1) is 0 Å². The van der Waals surface area contributed by atoms with Crippen molar-refractivity contribution in [1.82, 2.24) is 4.90 Å². The number of nitrogens with zero attached hydrogens (tertiary/aromatic N) is 1. The van der Waals surface area contributed by atoms with Crippen LogP contribution in [0.4, 0.5) is 0 Å². The van der Waals surface area contributed by atoms with E-state index in [4.69, 9.17) is 5.11 Å². The van der Waals surface area contributed by atoms with Gasteiger partial charge < -0.3 is 5.11 Å². The van der Waals surface area contributed by atoms with Crippen molar-refractivity contribution in [2.75, 3.05) is 14.1 Å². The first-order chi connectivity index (χ1) is 7.50. The molecule has 0 unspecified atom stereocenters. The molecule has 3 heteroatoms. The van der Waals surface area contributed by atoms with E-state index in [1.165, 1.54) is 0 Å². The molecule has 92 valence electrons. The van der Waals surface area contributed by atoms with Crippen LogP contribution in [0.25, 0.3) is 0 Å². The molecule has 0 amide bonds. The van der Waals surface area contributed by atoms with Crippen LogP contribution in [0.3, 0.4) is 0 Å². The molecule has 0 aliphatic heterocycles. The quantitative estimate of drug-likeness (QED) is 0.731. The second kappa shape index (κ2) is 10.2. The van der Waals surface area contributed by atoms with Crippen molar-refractivity contribution in [2.24, 2.45) is 0 Å². The van der Waals surface area contributed by atoms with Crippen LogP contribution in [0.15, 0.2) is 36.5 Å². The Labute approximate surface area is 98.8 Å². The molecular formula is C13H23NO2. The third kappa shape index (κ3) is 7.01. The topological polar surface area (TPSA) is 40.5 Å². The zero-order chi connectivity index (χ0) is 13.1. The number of aliphatic carboxylic acids is 1. The SMILES string of the molecule is C=C/C=C\C=C(/C)[C@H](C(=O)O)N(C)C.CC. The van der Waals surface area contributed by atoms with Crippen LogP contribution in [0, 0.1) is 0 Å². The molecule has 0 saturated carbocycles. The number of allylic oxidation sites excluding steroid dienone is 4. The summed E-state index contributed by atoms with van der Waals surface area (Å²) >= 11 is 0. The molecule has 3 nitrogen and oxygen atoms in total. The Morgan fingerprint density at radius 2 is 1.81 bits per heavy atom. The fourth-order valence-electron chi connectivity index (χ4n) is 1.20. The van der Waals surface area contributed by atoms with Crippen molar-refractivity contribution in [1.29, 1.82) is 0 Å². The highest BCUT2D eigenvalue weighted by molar-refractivity contribution is 5.77. The van der Waals surface area contributed by atoms with Gasteiger partial charge in [0.25, 0.3) is 0 Å². The molecule has 0 radical (unpaired) electrons. The van der Waals surface area contributed by atoms with Gasteiger partial charge in [-0.2, -0.15) is 0 Å². The minimum atomic E-state index is -0.837. The van der Waals surface area contributed by atoms with Gasteiger partial charge in [-0.05, 0) is 26.6 Å². The van der Waals surface area contributed by atoms with Gasteiger partial charge in [-0.1, -0.05) is 44.7 Å². The van der Waals surface area contributed by atoms with E-state index in [9.17, 15) is 4.79 Å². The molecule has 0 rings (SSSR count). The van der Waals surface area contributed by atoms with Gasteiger partial charge in [-0.3, -0.25) is 9.69 Å². The molecule has 0 bridgehead atoms. The lowest BCUT2D eigenvalue weighted by atomic mass is 10.1. The molecule has 0 fully saturated rings. The predicted molar refractivity (Wildman–Crippen MR) is 69.6 cm³/mol. The Morgan fingerprint density at radius 1 is 1.31 bits per heavy atom. The highest BCUT2D eigenvalue weighted by atomic mass is 16.4. The average molecular weight is 225 g/mol. The first-order valence-electron chi connectivity index (χ1n) is 5.35. The Bertz CT molecular complexity index is 265. The van der Waals surface area contributed by atoms with Gasteiger partial charge >= 0.3 is 5.97 Å². The fourth-order valence-corrected chi connectivity index (χ4v) is 1.20. The number of carboxylic acid groups (broad SMARTS) is 1. The molecule has 0 heterocycles. The van der Waals surface area contributed by atoms with Gasteiger partial charge in [0.1, 0.15) is 6.04 Å². The normalized spacial score (nSPS) is 13.2. The van der Waals surface area contributed by atoms with E-state index in [1.807, 2.05) is 13.8 Å². The lowest BCUT2D eigenvalue weighted by molar-refractivity contribution is -0.140. The summed E-state index contributed by atoms with van der Waals surface area (Å²) in [5, 5.41) is 8.94. The van der Waals surface area contributed by atoms with E-state index in [2.05, 4.69) is 6.58 Å². The summed E-state index contributed by atoms with van der Waals surface area (Å²) in [6, 6.07) is -0.565. The van der Waals surface area contributed by atoms with E-state index in [0.717, 1.165) is 5.57 Å². The minimum absolute atomic E-state index is 0.565. The molecule has 0 saturated heterocycles. The molecule has 1 atom stereocenters. The molecule has 0 aromatic heterocycles. The highest BCUT2D eigenvalue weighted by Gasteiger charge is 2.20. The average Bonchev–Trinajstić information content (AvgIpc) is 2.20.